The first-order valence-corrected chi connectivity index (χ1v) is 18.5. The van der Waals surface area contributed by atoms with Crippen LogP contribution < -0.4 is 10.6 Å². The summed E-state index contributed by atoms with van der Waals surface area (Å²) in [6, 6.07) is 21.6. The van der Waals surface area contributed by atoms with Gasteiger partial charge in [0.2, 0.25) is 21.8 Å². The van der Waals surface area contributed by atoms with Crippen LogP contribution in [0.4, 0.5) is 19.6 Å². The van der Waals surface area contributed by atoms with Crippen LogP contribution in [0.3, 0.4) is 0 Å². The SMILES string of the molecule is C#CCN(C[C@@H]1c2c(c(O)n(-c3ccccc3)c2O)C[C@@H](OC(=O)Nc2cccs2)[C@H]1OC(=O)Nc1cccs1)S(=O)(=O)c1ccc(C)cc1. The van der Waals surface area contributed by atoms with Crippen LogP contribution >= 0.6 is 22.7 Å². The molecule has 0 unspecified atom stereocenters. The number of benzene rings is 2. The van der Waals surface area contributed by atoms with E-state index in [-0.39, 0.29) is 34.9 Å². The van der Waals surface area contributed by atoms with E-state index in [9.17, 15) is 28.2 Å². The van der Waals surface area contributed by atoms with Gasteiger partial charge in [0.05, 0.1) is 27.1 Å². The van der Waals surface area contributed by atoms with Crippen LogP contribution in [-0.2, 0) is 25.9 Å². The van der Waals surface area contributed by atoms with E-state index in [0.29, 0.717) is 15.7 Å². The lowest BCUT2D eigenvalue weighted by Crippen LogP contribution is -2.49. The molecule has 0 radical (unpaired) electrons. The molecule has 15 heteroatoms. The third kappa shape index (κ3) is 7.19. The second kappa shape index (κ2) is 14.7. The molecule has 1 aliphatic rings. The third-order valence-corrected chi connectivity index (χ3v) is 11.5. The van der Waals surface area contributed by atoms with Crippen molar-refractivity contribution in [2.45, 2.75) is 36.4 Å². The second-order valence-corrected chi connectivity index (χ2v) is 15.2. The Morgan fingerprint density at radius 1 is 0.920 bits per heavy atom. The van der Waals surface area contributed by atoms with Gasteiger partial charge in [-0.15, -0.1) is 29.1 Å². The van der Waals surface area contributed by atoms with Crippen molar-refractivity contribution >= 4 is 54.9 Å². The molecule has 0 fully saturated rings. The molecule has 1 aliphatic carbocycles. The summed E-state index contributed by atoms with van der Waals surface area (Å²) in [5.41, 5.74) is 1.54. The number of carbonyl (C=O) groups excluding carboxylic acids is 2. The van der Waals surface area contributed by atoms with Gasteiger partial charge in [-0.25, -0.2) is 18.0 Å². The van der Waals surface area contributed by atoms with Crippen LogP contribution in [0.2, 0.25) is 0 Å². The molecule has 3 heterocycles. The number of nitrogens with one attached hydrogen (secondary N) is 2. The first kappa shape index (κ1) is 34.6. The van der Waals surface area contributed by atoms with E-state index in [1.807, 2.05) is 6.92 Å². The number of amides is 2. The summed E-state index contributed by atoms with van der Waals surface area (Å²) in [7, 11) is -4.25. The summed E-state index contributed by atoms with van der Waals surface area (Å²) in [4.78, 5) is 26.6. The molecule has 0 saturated carbocycles. The van der Waals surface area contributed by atoms with E-state index in [0.717, 1.165) is 9.87 Å². The van der Waals surface area contributed by atoms with Crippen LogP contribution in [0.5, 0.6) is 11.8 Å². The number of aromatic nitrogens is 1. The lowest BCUT2D eigenvalue weighted by Gasteiger charge is -2.38. The largest absolute Gasteiger partial charge is 0.494 e. The Hall–Kier alpha value is -5.27. The zero-order chi connectivity index (χ0) is 35.4. The number of anilines is 2. The molecule has 2 aromatic carbocycles. The van der Waals surface area contributed by atoms with Crippen LogP contribution in [0.1, 0.15) is 22.6 Å². The van der Waals surface area contributed by atoms with Gasteiger partial charge in [-0.1, -0.05) is 41.8 Å². The maximum atomic E-state index is 14.1. The lowest BCUT2D eigenvalue weighted by atomic mass is 9.80. The Morgan fingerprint density at radius 2 is 1.54 bits per heavy atom. The fraction of sp³-hybridized carbons (Fsp3) is 0.200. The summed E-state index contributed by atoms with van der Waals surface area (Å²) in [5.74, 6) is 0.438. The predicted octanol–water partition coefficient (Wildman–Crippen LogP) is 6.52. The molecule has 0 saturated heterocycles. The van der Waals surface area contributed by atoms with Crippen LogP contribution in [-0.4, -0.2) is 65.0 Å². The first-order chi connectivity index (χ1) is 24.1. The minimum atomic E-state index is -4.25. The lowest BCUT2D eigenvalue weighted by molar-refractivity contribution is -0.0222. The molecule has 4 N–H and O–H groups in total. The van der Waals surface area contributed by atoms with Gasteiger partial charge in [-0.2, -0.15) is 4.31 Å². The van der Waals surface area contributed by atoms with Crippen molar-refractivity contribution in [1.82, 2.24) is 8.87 Å². The van der Waals surface area contributed by atoms with Crippen molar-refractivity contribution in [2.75, 3.05) is 23.7 Å². The highest BCUT2D eigenvalue weighted by Crippen LogP contribution is 2.48. The Bertz CT molecular complexity index is 2110. The van der Waals surface area contributed by atoms with E-state index < -0.39 is 52.8 Å². The molecule has 3 aromatic heterocycles. The van der Waals surface area contributed by atoms with E-state index in [2.05, 4.69) is 16.6 Å². The van der Waals surface area contributed by atoms with Crippen LogP contribution in [0.25, 0.3) is 5.69 Å². The Kier molecular flexibility index (Phi) is 10.2. The molecule has 2 amide bonds. The molecule has 5 aromatic rings. The summed E-state index contributed by atoms with van der Waals surface area (Å²) in [5, 5.41) is 33.2. The van der Waals surface area contributed by atoms with Gasteiger partial charge >= 0.3 is 12.2 Å². The van der Waals surface area contributed by atoms with Gasteiger partial charge in [0, 0.05) is 30.0 Å². The fourth-order valence-electron chi connectivity index (χ4n) is 5.87. The number of para-hydroxylation sites is 1. The normalized spacial score (nSPS) is 17.0. The molecule has 258 valence electrons. The topological polar surface area (TPSA) is 159 Å². The minimum absolute atomic E-state index is 0.0284. The first-order valence-electron chi connectivity index (χ1n) is 15.3. The van der Waals surface area contributed by atoms with Crippen LogP contribution in [0, 0.1) is 19.3 Å². The summed E-state index contributed by atoms with van der Waals surface area (Å²) >= 11 is 2.51. The number of sulfonamides is 1. The predicted molar refractivity (Wildman–Crippen MR) is 191 cm³/mol. The summed E-state index contributed by atoms with van der Waals surface area (Å²) < 4.78 is 42.3. The van der Waals surface area contributed by atoms with Gasteiger partial charge in [-0.05, 0) is 66.2 Å². The van der Waals surface area contributed by atoms with E-state index in [1.54, 1.807) is 77.5 Å². The fourth-order valence-corrected chi connectivity index (χ4v) is 8.46. The van der Waals surface area contributed by atoms with Gasteiger partial charge in [-0.3, -0.25) is 15.2 Å². The second-order valence-electron chi connectivity index (χ2n) is 11.4. The highest BCUT2D eigenvalue weighted by atomic mass is 32.2. The van der Waals surface area contributed by atoms with Crippen molar-refractivity contribution in [3.05, 3.63) is 106 Å². The van der Waals surface area contributed by atoms with Crippen molar-refractivity contribution < 1.29 is 37.7 Å². The van der Waals surface area contributed by atoms with Crippen molar-refractivity contribution in [1.29, 1.82) is 0 Å². The van der Waals surface area contributed by atoms with Gasteiger partial charge < -0.3 is 19.7 Å². The number of fused-ring (bicyclic) bond motifs is 1. The molecule has 50 heavy (non-hydrogen) atoms. The van der Waals surface area contributed by atoms with Crippen molar-refractivity contribution in [3.8, 4) is 29.8 Å². The standard InChI is InChI=1S/C35H32N4O8S3/c1-3-17-38(50(44,45)24-15-13-22(2)14-16-24)21-26-30-25(32(40)39(33(30)41)23-9-5-4-6-10-23)20-27(46-34(42)36-28-11-7-18-48-28)31(26)47-35(43)37-29-12-8-19-49-29/h1,4-16,18-19,26-27,31,40-41H,17,20-21H2,2H3,(H,36,42)(H,37,43)/t26-,27-,31+/m1/s1. The number of thiophene rings is 2. The number of hydrogen-bond acceptors (Lipinski definition) is 10. The molecule has 0 aliphatic heterocycles. The smallest absolute Gasteiger partial charge is 0.412 e. The van der Waals surface area contributed by atoms with Crippen molar-refractivity contribution in [2.24, 2.45) is 0 Å². The van der Waals surface area contributed by atoms with Crippen LogP contribution in [0.15, 0.2) is 94.5 Å². The zero-order valence-corrected chi connectivity index (χ0v) is 29.0. The van der Waals surface area contributed by atoms with E-state index >= 15 is 0 Å². The number of hydrogen-bond donors (Lipinski definition) is 4. The number of aryl methyl sites for hydroxylation is 1. The van der Waals surface area contributed by atoms with E-state index in [1.165, 1.54) is 39.4 Å². The molecular weight excluding hydrogens is 701 g/mol. The highest BCUT2D eigenvalue weighted by molar-refractivity contribution is 7.89. The summed E-state index contributed by atoms with van der Waals surface area (Å²) in [6.45, 7) is 1.01. The maximum absolute atomic E-state index is 14.1. The molecule has 12 nitrogen and oxygen atoms in total. The maximum Gasteiger partial charge on any atom is 0.412 e. The molecular formula is C35H32N4O8S3. The zero-order valence-electron chi connectivity index (χ0n) is 26.6. The Balaban J connectivity index is 1.47. The van der Waals surface area contributed by atoms with Gasteiger partial charge in [0.25, 0.3) is 0 Å². The molecule has 3 atom stereocenters. The molecule has 6 rings (SSSR count). The number of rotatable bonds is 10. The Labute approximate surface area is 296 Å². The molecule has 0 bridgehead atoms. The van der Waals surface area contributed by atoms with Gasteiger partial charge in [0.15, 0.2) is 0 Å². The summed E-state index contributed by atoms with van der Waals surface area (Å²) in [6.07, 6.45) is 1.09. The number of nitrogens with zero attached hydrogens (tertiary/aromatic N) is 2. The average molecular weight is 733 g/mol. The third-order valence-electron chi connectivity index (χ3n) is 8.13. The number of carbonyl (C=O) groups is 2. The number of aromatic hydroxyl groups is 2. The average Bonchev–Trinajstić information content (AvgIpc) is 3.85. The quantitative estimate of drug-likeness (QED) is 0.118. The Morgan fingerprint density at radius 3 is 2.12 bits per heavy atom. The number of terminal acetylenes is 1. The molecule has 0 spiro atoms. The van der Waals surface area contributed by atoms with Gasteiger partial charge in [0.1, 0.15) is 12.2 Å². The van der Waals surface area contributed by atoms with E-state index in [4.69, 9.17) is 15.9 Å². The minimum Gasteiger partial charge on any atom is -0.494 e. The number of ether oxygens (including phenoxy) is 2. The monoisotopic (exact) mass is 732 g/mol. The highest BCUT2D eigenvalue weighted by Gasteiger charge is 2.48. The van der Waals surface area contributed by atoms with Crippen molar-refractivity contribution in [3.63, 3.8) is 0 Å².